The third-order valence-electron chi connectivity index (χ3n) is 3.04. The zero-order chi connectivity index (χ0) is 13.0. The Hall–Kier alpha value is -1.23. The molecule has 0 aromatic heterocycles. The van der Waals surface area contributed by atoms with E-state index in [0.29, 0.717) is 6.61 Å². The lowest BCUT2D eigenvalue weighted by atomic mass is 10.2. The average molecular weight is 259 g/mol. The SMILES string of the molecule is FC(F)(F)c1cccc(OCCN2CCCC2)c1. The molecule has 1 fully saturated rings. The van der Waals surface area contributed by atoms with Crippen LogP contribution in [-0.2, 0) is 6.18 Å². The summed E-state index contributed by atoms with van der Waals surface area (Å²) in [5, 5.41) is 0. The molecular formula is C13H16F3NO. The highest BCUT2D eigenvalue weighted by molar-refractivity contribution is 5.30. The van der Waals surface area contributed by atoms with Gasteiger partial charge >= 0.3 is 6.18 Å². The van der Waals surface area contributed by atoms with Crippen molar-refractivity contribution in [1.82, 2.24) is 4.90 Å². The molecule has 0 unspecified atom stereocenters. The summed E-state index contributed by atoms with van der Waals surface area (Å²) in [4.78, 5) is 2.26. The minimum Gasteiger partial charge on any atom is -0.492 e. The normalized spacial score (nSPS) is 17.1. The van der Waals surface area contributed by atoms with Crippen molar-refractivity contribution in [3.63, 3.8) is 0 Å². The smallest absolute Gasteiger partial charge is 0.416 e. The second kappa shape index (κ2) is 5.61. The van der Waals surface area contributed by atoms with Gasteiger partial charge in [-0.05, 0) is 44.1 Å². The van der Waals surface area contributed by atoms with Gasteiger partial charge in [-0.3, -0.25) is 4.90 Å². The quantitative estimate of drug-likeness (QED) is 0.823. The van der Waals surface area contributed by atoms with E-state index in [1.165, 1.54) is 18.9 Å². The fourth-order valence-electron chi connectivity index (χ4n) is 2.06. The first-order chi connectivity index (χ1) is 8.55. The minimum atomic E-state index is -4.31. The van der Waals surface area contributed by atoms with Crippen molar-refractivity contribution in [1.29, 1.82) is 0 Å². The summed E-state index contributed by atoms with van der Waals surface area (Å²) in [5.41, 5.74) is -0.666. The van der Waals surface area contributed by atoms with E-state index in [2.05, 4.69) is 4.90 Å². The zero-order valence-electron chi connectivity index (χ0n) is 10.0. The highest BCUT2D eigenvalue weighted by atomic mass is 19.4. The van der Waals surface area contributed by atoms with Crippen molar-refractivity contribution in [2.75, 3.05) is 26.2 Å². The van der Waals surface area contributed by atoms with Crippen molar-refractivity contribution in [3.05, 3.63) is 29.8 Å². The van der Waals surface area contributed by atoms with E-state index in [0.717, 1.165) is 31.8 Å². The maximum Gasteiger partial charge on any atom is 0.416 e. The van der Waals surface area contributed by atoms with Gasteiger partial charge in [0.25, 0.3) is 0 Å². The van der Waals surface area contributed by atoms with Gasteiger partial charge in [0.15, 0.2) is 0 Å². The lowest BCUT2D eigenvalue weighted by Gasteiger charge is -2.15. The third kappa shape index (κ3) is 3.63. The van der Waals surface area contributed by atoms with E-state index in [4.69, 9.17) is 4.74 Å². The van der Waals surface area contributed by atoms with Crippen LogP contribution >= 0.6 is 0 Å². The molecule has 1 aromatic carbocycles. The lowest BCUT2D eigenvalue weighted by molar-refractivity contribution is -0.137. The summed E-state index contributed by atoms with van der Waals surface area (Å²) in [7, 11) is 0. The summed E-state index contributed by atoms with van der Waals surface area (Å²) in [5.74, 6) is 0.282. The number of hydrogen-bond donors (Lipinski definition) is 0. The monoisotopic (exact) mass is 259 g/mol. The number of benzene rings is 1. The molecule has 2 nitrogen and oxygen atoms in total. The third-order valence-corrected chi connectivity index (χ3v) is 3.04. The number of rotatable bonds is 4. The molecule has 1 aliphatic heterocycles. The number of alkyl halides is 3. The maximum atomic E-state index is 12.5. The van der Waals surface area contributed by atoms with E-state index < -0.39 is 11.7 Å². The minimum absolute atomic E-state index is 0.282. The Bertz CT molecular complexity index is 386. The van der Waals surface area contributed by atoms with Crippen molar-refractivity contribution >= 4 is 0 Å². The van der Waals surface area contributed by atoms with Crippen LogP contribution in [0.3, 0.4) is 0 Å². The lowest BCUT2D eigenvalue weighted by Crippen LogP contribution is -2.25. The predicted octanol–water partition coefficient (Wildman–Crippen LogP) is 3.18. The van der Waals surface area contributed by atoms with Gasteiger partial charge in [-0.25, -0.2) is 0 Å². The van der Waals surface area contributed by atoms with Crippen LogP contribution in [0.15, 0.2) is 24.3 Å². The van der Waals surface area contributed by atoms with Gasteiger partial charge in [0.1, 0.15) is 12.4 Å². The fourth-order valence-corrected chi connectivity index (χ4v) is 2.06. The average Bonchev–Trinajstić information content (AvgIpc) is 2.81. The van der Waals surface area contributed by atoms with Crippen LogP contribution in [0.4, 0.5) is 13.2 Å². The van der Waals surface area contributed by atoms with E-state index in [1.54, 1.807) is 6.07 Å². The van der Waals surface area contributed by atoms with Crippen LogP contribution in [0, 0.1) is 0 Å². The number of nitrogens with zero attached hydrogens (tertiary/aromatic N) is 1. The van der Waals surface area contributed by atoms with Crippen molar-refractivity contribution in [3.8, 4) is 5.75 Å². The fraction of sp³-hybridized carbons (Fsp3) is 0.538. The van der Waals surface area contributed by atoms with Gasteiger partial charge in [-0.15, -0.1) is 0 Å². The molecular weight excluding hydrogens is 243 g/mol. The predicted molar refractivity (Wildman–Crippen MR) is 62.6 cm³/mol. The Morgan fingerprint density at radius 2 is 1.89 bits per heavy atom. The Morgan fingerprint density at radius 3 is 2.56 bits per heavy atom. The molecule has 1 aliphatic rings. The summed E-state index contributed by atoms with van der Waals surface area (Å²) in [6.45, 7) is 3.33. The van der Waals surface area contributed by atoms with Gasteiger partial charge in [-0.2, -0.15) is 13.2 Å². The number of ether oxygens (including phenoxy) is 1. The molecule has 0 atom stereocenters. The molecule has 1 saturated heterocycles. The largest absolute Gasteiger partial charge is 0.492 e. The van der Waals surface area contributed by atoms with Crippen molar-refractivity contribution < 1.29 is 17.9 Å². The van der Waals surface area contributed by atoms with Gasteiger partial charge in [0, 0.05) is 6.54 Å². The second-order valence-corrected chi connectivity index (χ2v) is 4.42. The van der Waals surface area contributed by atoms with Crippen LogP contribution in [0.1, 0.15) is 18.4 Å². The molecule has 2 rings (SSSR count). The molecule has 1 aromatic rings. The molecule has 0 saturated carbocycles. The Labute approximate surface area is 104 Å². The van der Waals surface area contributed by atoms with Crippen LogP contribution in [-0.4, -0.2) is 31.1 Å². The molecule has 0 N–H and O–H groups in total. The summed E-state index contributed by atoms with van der Waals surface area (Å²) >= 11 is 0. The standard InChI is InChI=1S/C13H16F3NO/c14-13(15,16)11-4-3-5-12(10-11)18-9-8-17-6-1-2-7-17/h3-5,10H,1-2,6-9H2. The van der Waals surface area contributed by atoms with E-state index in [1.807, 2.05) is 0 Å². The van der Waals surface area contributed by atoms with Crippen LogP contribution in [0.25, 0.3) is 0 Å². The Balaban J connectivity index is 1.85. The maximum absolute atomic E-state index is 12.5. The summed E-state index contributed by atoms with van der Waals surface area (Å²) in [6.07, 6.45) is -1.92. The van der Waals surface area contributed by atoms with E-state index in [9.17, 15) is 13.2 Å². The molecule has 100 valence electrons. The van der Waals surface area contributed by atoms with E-state index in [-0.39, 0.29) is 5.75 Å². The number of hydrogen-bond acceptors (Lipinski definition) is 2. The first-order valence-electron chi connectivity index (χ1n) is 6.08. The van der Waals surface area contributed by atoms with Gasteiger partial charge in [0.2, 0.25) is 0 Å². The van der Waals surface area contributed by atoms with Crippen molar-refractivity contribution in [2.45, 2.75) is 19.0 Å². The van der Waals surface area contributed by atoms with Gasteiger partial charge in [0.05, 0.1) is 5.56 Å². The van der Waals surface area contributed by atoms with Crippen molar-refractivity contribution in [2.24, 2.45) is 0 Å². The molecule has 1 heterocycles. The van der Waals surface area contributed by atoms with Gasteiger partial charge in [-0.1, -0.05) is 6.07 Å². The summed E-state index contributed by atoms with van der Waals surface area (Å²) < 4.78 is 42.8. The topological polar surface area (TPSA) is 12.5 Å². The number of likely N-dealkylation sites (tertiary alicyclic amines) is 1. The number of halogens is 3. The molecule has 18 heavy (non-hydrogen) atoms. The molecule has 0 aliphatic carbocycles. The first-order valence-corrected chi connectivity index (χ1v) is 6.08. The molecule has 0 bridgehead atoms. The zero-order valence-corrected chi connectivity index (χ0v) is 10.0. The van der Waals surface area contributed by atoms with Crippen LogP contribution in [0.5, 0.6) is 5.75 Å². The highest BCUT2D eigenvalue weighted by Gasteiger charge is 2.30. The molecule has 0 radical (unpaired) electrons. The summed E-state index contributed by atoms with van der Waals surface area (Å²) in [6, 6.07) is 5.02. The van der Waals surface area contributed by atoms with Gasteiger partial charge < -0.3 is 4.74 Å². The Kier molecular flexibility index (Phi) is 4.11. The Morgan fingerprint density at radius 1 is 1.17 bits per heavy atom. The molecule has 0 spiro atoms. The van der Waals surface area contributed by atoms with E-state index >= 15 is 0 Å². The second-order valence-electron chi connectivity index (χ2n) is 4.42. The van der Waals surface area contributed by atoms with Crippen LogP contribution < -0.4 is 4.74 Å². The highest BCUT2D eigenvalue weighted by Crippen LogP contribution is 2.31. The first kappa shape index (κ1) is 13.2. The van der Waals surface area contributed by atoms with Crippen LogP contribution in [0.2, 0.25) is 0 Å². The molecule has 0 amide bonds. The molecule has 5 heteroatoms.